The van der Waals surface area contributed by atoms with Crippen LogP contribution in [0.4, 0.5) is 4.79 Å². The molecule has 0 bridgehead atoms. The summed E-state index contributed by atoms with van der Waals surface area (Å²) in [6.07, 6.45) is 1.56. The van der Waals surface area contributed by atoms with Gasteiger partial charge in [-0.1, -0.05) is 35.3 Å². The molecule has 4 rings (SSSR count). The van der Waals surface area contributed by atoms with E-state index < -0.39 is 0 Å². The first kappa shape index (κ1) is 21.6. The zero-order valence-electron chi connectivity index (χ0n) is 16.4. The van der Waals surface area contributed by atoms with Gasteiger partial charge in [0.1, 0.15) is 23.9 Å². The molecule has 1 aliphatic rings. The molecule has 8 heteroatoms. The van der Waals surface area contributed by atoms with E-state index >= 15 is 0 Å². The Morgan fingerprint density at radius 1 is 1.10 bits per heavy atom. The molecular weight excluding hydrogens is 457 g/mol. The standard InChI is InChI=1S/C23H17Cl2NO4S/c1-14-3-2-4-16(11-14)29-10-9-26-22(27)21(31-23(26)28)13-17-6-8-20(30-17)18-7-5-15(24)12-19(18)25/h2-8,11-13H,9-10H2,1H3/b21-13-. The number of imide groups is 1. The van der Waals surface area contributed by atoms with Crippen LogP contribution in [0.3, 0.4) is 0 Å². The number of thioether (sulfide) groups is 1. The third-order valence-electron chi connectivity index (χ3n) is 4.54. The minimum Gasteiger partial charge on any atom is -0.492 e. The summed E-state index contributed by atoms with van der Waals surface area (Å²) in [6, 6.07) is 16.2. The summed E-state index contributed by atoms with van der Waals surface area (Å²) >= 11 is 13.0. The maximum Gasteiger partial charge on any atom is 0.293 e. The van der Waals surface area contributed by atoms with E-state index in [2.05, 4.69) is 0 Å². The van der Waals surface area contributed by atoms with Gasteiger partial charge in [0.05, 0.1) is 16.5 Å². The second-order valence-corrected chi connectivity index (χ2v) is 8.66. The molecule has 0 N–H and O–H groups in total. The fourth-order valence-corrected chi connectivity index (χ4v) is 4.39. The van der Waals surface area contributed by atoms with Gasteiger partial charge in [0.2, 0.25) is 0 Å². The second kappa shape index (κ2) is 9.22. The number of hydrogen-bond acceptors (Lipinski definition) is 5. The number of carbonyl (C=O) groups is 2. The molecule has 2 aromatic carbocycles. The first-order valence-electron chi connectivity index (χ1n) is 9.41. The monoisotopic (exact) mass is 473 g/mol. The van der Waals surface area contributed by atoms with Gasteiger partial charge in [-0.05, 0) is 66.7 Å². The lowest BCUT2D eigenvalue weighted by atomic mass is 10.2. The summed E-state index contributed by atoms with van der Waals surface area (Å²) in [5.41, 5.74) is 1.76. The summed E-state index contributed by atoms with van der Waals surface area (Å²) < 4.78 is 11.5. The Morgan fingerprint density at radius 2 is 1.94 bits per heavy atom. The molecule has 3 aromatic rings. The molecule has 1 aliphatic heterocycles. The van der Waals surface area contributed by atoms with Crippen molar-refractivity contribution in [1.29, 1.82) is 0 Å². The van der Waals surface area contributed by atoms with Gasteiger partial charge in [-0.3, -0.25) is 14.5 Å². The second-order valence-electron chi connectivity index (χ2n) is 6.82. The largest absolute Gasteiger partial charge is 0.492 e. The van der Waals surface area contributed by atoms with Gasteiger partial charge in [0.25, 0.3) is 11.1 Å². The van der Waals surface area contributed by atoms with Gasteiger partial charge < -0.3 is 9.15 Å². The van der Waals surface area contributed by atoms with Crippen LogP contribution in [0.2, 0.25) is 10.0 Å². The Hall–Kier alpha value is -2.67. The number of carbonyl (C=O) groups excluding carboxylic acids is 2. The molecule has 0 saturated carbocycles. The van der Waals surface area contributed by atoms with Crippen molar-refractivity contribution in [1.82, 2.24) is 4.90 Å². The first-order valence-corrected chi connectivity index (χ1v) is 11.0. The highest BCUT2D eigenvalue weighted by molar-refractivity contribution is 8.18. The van der Waals surface area contributed by atoms with Crippen molar-refractivity contribution in [2.45, 2.75) is 6.92 Å². The van der Waals surface area contributed by atoms with Crippen molar-refractivity contribution in [2.75, 3.05) is 13.2 Å². The topological polar surface area (TPSA) is 59.8 Å². The molecule has 0 radical (unpaired) electrons. The maximum absolute atomic E-state index is 12.7. The number of rotatable bonds is 6. The molecule has 5 nitrogen and oxygen atoms in total. The maximum atomic E-state index is 12.7. The number of halogens is 2. The van der Waals surface area contributed by atoms with Crippen LogP contribution < -0.4 is 4.74 Å². The van der Waals surface area contributed by atoms with Gasteiger partial charge >= 0.3 is 0 Å². The molecule has 0 aliphatic carbocycles. The molecule has 1 aromatic heterocycles. The summed E-state index contributed by atoms with van der Waals surface area (Å²) in [7, 11) is 0. The van der Waals surface area contributed by atoms with E-state index in [4.69, 9.17) is 32.4 Å². The van der Waals surface area contributed by atoms with Crippen molar-refractivity contribution in [3.63, 3.8) is 0 Å². The van der Waals surface area contributed by atoms with Crippen LogP contribution in [0.25, 0.3) is 17.4 Å². The lowest BCUT2D eigenvalue weighted by Crippen LogP contribution is -2.32. The van der Waals surface area contributed by atoms with E-state index in [1.807, 2.05) is 31.2 Å². The van der Waals surface area contributed by atoms with E-state index in [0.717, 1.165) is 17.3 Å². The Morgan fingerprint density at radius 3 is 2.71 bits per heavy atom. The van der Waals surface area contributed by atoms with Crippen LogP contribution in [0, 0.1) is 6.92 Å². The number of ether oxygens (including phenoxy) is 1. The lowest BCUT2D eigenvalue weighted by Gasteiger charge is -2.13. The Labute approximate surface area is 193 Å². The van der Waals surface area contributed by atoms with E-state index in [-0.39, 0.29) is 24.3 Å². The number of furan rings is 1. The Bertz CT molecular complexity index is 1190. The summed E-state index contributed by atoms with van der Waals surface area (Å²) in [5.74, 6) is 1.32. The minimum absolute atomic E-state index is 0.166. The van der Waals surface area contributed by atoms with Gasteiger partial charge in [-0.15, -0.1) is 0 Å². The average Bonchev–Trinajstić information content (AvgIpc) is 3.28. The van der Waals surface area contributed by atoms with E-state index in [1.54, 1.807) is 36.4 Å². The number of hydrogen-bond donors (Lipinski definition) is 0. The molecular formula is C23H17Cl2NO4S. The molecule has 31 heavy (non-hydrogen) atoms. The molecule has 2 amide bonds. The molecule has 158 valence electrons. The Balaban J connectivity index is 1.43. The molecule has 1 fully saturated rings. The van der Waals surface area contributed by atoms with Crippen LogP contribution in [0.5, 0.6) is 5.75 Å². The van der Waals surface area contributed by atoms with Crippen LogP contribution in [0.1, 0.15) is 11.3 Å². The van der Waals surface area contributed by atoms with Crippen molar-refractivity contribution in [3.8, 4) is 17.1 Å². The zero-order valence-corrected chi connectivity index (χ0v) is 18.8. The highest BCUT2D eigenvalue weighted by atomic mass is 35.5. The van der Waals surface area contributed by atoms with Crippen LogP contribution in [0.15, 0.2) is 63.9 Å². The number of amides is 2. The van der Waals surface area contributed by atoms with Crippen molar-refractivity contribution >= 4 is 52.2 Å². The number of nitrogens with zero attached hydrogens (tertiary/aromatic N) is 1. The third kappa shape index (κ3) is 4.98. The van der Waals surface area contributed by atoms with E-state index in [0.29, 0.717) is 37.8 Å². The van der Waals surface area contributed by atoms with Gasteiger partial charge in [0, 0.05) is 16.7 Å². The third-order valence-corrected chi connectivity index (χ3v) is 6.00. The highest BCUT2D eigenvalue weighted by Crippen LogP contribution is 2.35. The quantitative estimate of drug-likeness (QED) is 0.373. The summed E-state index contributed by atoms with van der Waals surface area (Å²) in [5, 5.41) is 0.652. The van der Waals surface area contributed by atoms with Crippen molar-refractivity contribution in [2.24, 2.45) is 0 Å². The van der Waals surface area contributed by atoms with Gasteiger partial charge in [0.15, 0.2) is 0 Å². The number of aryl methyl sites for hydroxylation is 1. The highest BCUT2D eigenvalue weighted by Gasteiger charge is 2.35. The molecule has 2 heterocycles. The molecule has 0 atom stereocenters. The fourth-order valence-electron chi connectivity index (χ4n) is 3.05. The van der Waals surface area contributed by atoms with E-state index in [9.17, 15) is 9.59 Å². The average molecular weight is 474 g/mol. The number of benzene rings is 2. The van der Waals surface area contributed by atoms with Crippen molar-refractivity contribution in [3.05, 3.63) is 80.9 Å². The van der Waals surface area contributed by atoms with Crippen LogP contribution in [-0.4, -0.2) is 29.2 Å². The van der Waals surface area contributed by atoms with Gasteiger partial charge in [-0.2, -0.15) is 0 Å². The first-order chi connectivity index (χ1) is 14.9. The minimum atomic E-state index is -0.370. The summed E-state index contributed by atoms with van der Waals surface area (Å²) in [6.45, 7) is 2.35. The van der Waals surface area contributed by atoms with Crippen LogP contribution >= 0.6 is 35.0 Å². The normalized spacial score (nSPS) is 15.2. The fraction of sp³-hybridized carbons (Fsp3) is 0.130. The summed E-state index contributed by atoms with van der Waals surface area (Å²) in [4.78, 5) is 26.4. The zero-order chi connectivity index (χ0) is 22.0. The Kier molecular flexibility index (Phi) is 6.41. The van der Waals surface area contributed by atoms with Crippen LogP contribution in [-0.2, 0) is 4.79 Å². The molecule has 0 unspecified atom stereocenters. The smallest absolute Gasteiger partial charge is 0.293 e. The SMILES string of the molecule is Cc1cccc(OCCN2C(=O)S/C(=C\c3ccc(-c4ccc(Cl)cc4Cl)o3)C2=O)c1. The van der Waals surface area contributed by atoms with Crippen molar-refractivity contribution < 1.29 is 18.7 Å². The molecule has 1 saturated heterocycles. The predicted molar refractivity (Wildman–Crippen MR) is 124 cm³/mol. The van der Waals surface area contributed by atoms with E-state index in [1.165, 1.54) is 4.90 Å². The molecule has 0 spiro atoms. The lowest BCUT2D eigenvalue weighted by molar-refractivity contribution is -0.123. The predicted octanol–water partition coefficient (Wildman–Crippen LogP) is 6.68. The van der Waals surface area contributed by atoms with Gasteiger partial charge in [-0.25, -0.2) is 0 Å².